The minimum atomic E-state index is -4.58. The Balaban J connectivity index is 1.69. The Kier molecular flexibility index (Phi) is 5.62. The van der Waals surface area contributed by atoms with E-state index in [1.807, 2.05) is 0 Å². The van der Waals surface area contributed by atoms with Crippen LogP contribution in [0.5, 0.6) is 0 Å². The molecular formula is C18H12Br2ClF3N4O2. The Hall–Kier alpha value is -1.98. The molecule has 0 saturated heterocycles. The summed E-state index contributed by atoms with van der Waals surface area (Å²) in [5, 5.41) is 10.0. The highest BCUT2D eigenvalue weighted by atomic mass is 79.9. The van der Waals surface area contributed by atoms with Gasteiger partial charge in [-0.25, -0.2) is 4.68 Å². The molecule has 0 aliphatic carbocycles. The number of fused-ring (bicyclic) bond motifs is 1. The molecule has 0 unspecified atom stereocenters. The number of alkyl halides is 3. The molecule has 0 spiro atoms. The fourth-order valence-electron chi connectivity index (χ4n) is 3.16. The van der Waals surface area contributed by atoms with Crippen molar-refractivity contribution in [2.45, 2.75) is 24.7 Å². The van der Waals surface area contributed by atoms with Crippen molar-refractivity contribution in [1.29, 1.82) is 0 Å². The average molecular weight is 569 g/mol. The van der Waals surface area contributed by atoms with Gasteiger partial charge in [-0.1, -0.05) is 11.6 Å². The van der Waals surface area contributed by atoms with E-state index >= 15 is 0 Å². The van der Waals surface area contributed by atoms with E-state index in [0.717, 1.165) is 4.68 Å². The molecule has 4 rings (SSSR count). The summed E-state index contributed by atoms with van der Waals surface area (Å²) in [6.45, 7) is 0. The van der Waals surface area contributed by atoms with E-state index in [2.05, 4.69) is 47.6 Å². The molecule has 2 aromatic heterocycles. The second-order valence-corrected chi connectivity index (χ2v) is 8.56. The molecule has 0 radical (unpaired) electrons. The van der Waals surface area contributed by atoms with E-state index in [9.17, 15) is 18.0 Å². The number of halogens is 6. The van der Waals surface area contributed by atoms with Gasteiger partial charge in [-0.2, -0.15) is 18.3 Å². The number of nitrogens with one attached hydrogen (secondary N) is 2. The van der Waals surface area contributed by atoms with Crippen molar-refractivity contribution in [1.82, 2.24) is 9.78 Å². The maximum atomic E-state index is 13.8. The molecule has 1 amide bonds. The molecule has 12 heteroatoms. The maximum Gasteiger partial charge on any atom is 0.410 e. The van der Waals surface area contributed by atoms with Crippen molar-refractivity contribution in [2.24, 2.45) is 0 Å². The van der Waals surface area contributed by atoms with Crippen LogP contribution in [-0.2, 0) is 0 Å². The number of benzene rings is 1. The number of furan rings is 1. The molecule has 3 aromatic rings. The van der Waals surface area contributed by atoms with Crippen LogP contribution in [0.15, 0.2) is 50.0 Å². The van der Waals surface area contributed by atoms with E-state index in [1.165, 1.54) is 0 Å². The van der Waals surface area contributed by atoms with Gasteiger partial charge in [0, 0.05) is 17.1 Å². The minimum absolute atomic E-state index is 0.0438. The molecule has 30 heavy (non-hydrogen) atoms. The lowest BCUT2D eigenvalue weighted by molar-refractivity contribution is -0.174. The summed E-state index contributed by atoms with van der Waals surface area (Å²) in [6, 6.07) is 6.81. The predicted octanol–water partition coefficient (Wildman–Crippen LogP) is 6.57. The maximum absolute atomic E-state index is 13.8. The van der Waals surface area contributed by atoms with Crippen LogP contribution < -0.4 is 10.6 Å². The Morgan fingerprint density at radius 3 is 2.53 bits per heavy atom. The van der Waals surface area contributed by atoms with Gasteiger partial charge < -0.3 is 15.1 Å². The zero-order valence-electron chi connectivity index (χ0n) is 14.8. The highest BCUT2D eigenvalue weighted by molar-refractivity contribution is 9.10. The number of hydrogen-bond acceptors (Lipinski definition) is 4. The third-order valence-corrected chi connectivity index (χ3v) is 5.98. The van der Waals surface area contributed by atoms with E-state index in [4.69, 9.17) is 16.0 Å². The molecule has 1 aliphatic rings. The van der Waals surface area contributed by atoms with E-state index in [0.29, 0.717) is 21.1 Å². The van der Waals surface area contributed by atoms with Gasteiger partial charge >= 0.3 is 6.18 Å². The zero-order chi connectivity index (χ0) is 21.6. The Bertz CT molecular complexity index is 1100. The van der Waals surface area contributed by atoms with Crippen LogP contribution in [0.4, 0.5) is 24.7 Å². The van der Waals surface area contributed by atoms with Gasteiger partial charge in [-0.05, 0) is 68.3 Å². The first-order valence-corrected chi connectivity index (χ1v) is 10.5. The highest BCUT2D eigenvalue weighted by Crippen LogP contribution is 2.46. The van der Waals surface area contributed by atoms with E-state index in [1.54, 1.807) is 36.4 Å². The molecule has 0 fully saturated rings. The average Bonchev–Trinajstić information content (AvgIpc) is 3.26. The van der Waals surface area contributed by atoms with Gasteiger partial charge in [0.05, 0.1) is 10.5 Å². The number of aromatic nitrogens is 2. The number of nitrogens with zero attached hydrogens (tertiary/aromatic N) is 2. The van der Waals surface area contributed by atoms with Crippen molar-refractivity contribution in [3.63, 3.8) is 0 Å². The summed E-state index contributed by atoms with van der Waals surface area (Å²) in [5.41, 5.74) is 0.254. The van der Waals surface area contributed by atoms with Crippen molar-refractivity contribution >= 4 is 60.9 Å². The van der Waals surface area contributed by atoms with Crippen molar-refractivity contribution < 1.29 is 22.4 Å². The number of amides is 1. The summed E-state index contributed by atoms with van der Waals surface area (Å²) in [6.07, 6.45) is -4.92. The SMILES string of the molecule is O=C(Nc1ccc(Cl)cc1)c1nn2c(c1Br)N[C@@H](c1ccc(Br)o1)C[C@H]2C(F)(F)F. The topological polar surface area (TPSA) is 72.1 Å². The van der Waals surface area contributed by atoms with Gasteiger partial charge in [-0.3, -0.25) is 4.79 Å². The quantitative estimate of drug-likeness (QED) is 0.375. The number of rotatable bonds is 3. The number of carbonyl (C=O) groups is 1. The van der Waals surface area contributed by atoms with Crippen molar-refractivity contribution in [3.05, 3.63) is 62.0 Å². The normalized spacial score (nSPS) is 18.6. The molecule has 1 aliphatic heterocycles. The van der Waals surface area contributed by atoms with Crippen molar-refractivity contribution in [2.75, 3.05) is 10.6 Å². The lowest BCUT2D eigenvalue weighted by Crippen LogP contribution is -2.35. The Labute approximate surface area is 190 Å². The van der Waals surface area contributed by atoms with Crippen LogP contribution in [0, 0.1) is 0 Å². The summed E-state index contributed by atoms with van der Waals surface area (Å²) < 4.78 is 48.1. The lowest BCUT2D eigenvalue weighted by Gasteiger charge is -2.32. The van der Waals surface area contributed by atoms with Crippen LogP contribution in [-0.4, -0.2) is 21.9 Å². The molecule has 158 valence electrons. The van der Waals surface area contributed by atoms with Crippen LogP contribution in [0.25, 0.3) is 0 Å². The predicted molar refractivity (Wildman–Crippen MR) is 112 cm³/mol. The molecule has 2 atom stereocenters. The molecule has 1 aromatic carbocycles. The third-order valence-electron chi connectivity index (χ3n) is 4.55. The minimum Gasteiger partial charge on any atom is -0.452 e. The summed E-state index contributed by atoms with van der Waals surface area (Å²) in [4.78, 5) is 12.7. The first-order chi connectivity index (χ1) is 14.1. The Morgan fingerprint density at radius 1 is 1.23 bits per heavy atom. The molecule has 0 bridgehead atoms. The molecule has 6 nitrogen and oxygen atoms in total. The lowest BCUT2D eigenvalue weighted by atomic mass is 10.0. The zero-order valence-corrected chi connectivity index (χ0v) is 18.7. The first-order valence-electron chi connectivity index (χ1n) is 8.57. The summed E-state index contributed by atoms with van der Waals surface area (Å²) in [5.74, 6) is -0.281. The van der Waals surface area contributed by atoms with Gasteiger partial charge in [0.25, 0.3) is 5.91 Å². The fourth-order valence-corrected chi connectivity index (χ4v) is 4.16. The van der Waals surface area contributed by atoms with Crippen LogP contribution in [0.1, 0.15) is 34.8 Å². The number of anilines is 2. The number of hydrogen-bond donors (Lipinski definition) is 2. The van der Waals surface area contributed by atoms with Crippen LogP contribution >= 0.6 is 43.5 Å². The molecule has 0 saturated carbocycles. The third kappa shape index (κ3) is 4.10. The molecule has 3 heterocycles. The standard InChI is InChI=1S/C18H12Br2ClF3N4O2/c19-13-6-5-11(30-13)10-7-12(18(22,23)24)28-16(26-10)14(20)15(27-28)17(29)25-9-3-1-8(21)2-4-9/h1-6,10,12,26H,7H2,(H,25,29)/t10-,12+/m1/s1. The highest BCUT2D eigenvalue weighted by Gasteiger charge is 2.48. The molecule has 2 N–H and O–H groups in total. The van der Waals surface area contributed by atoms with Gasteiger partial charge in [-0.15, -0.1) is 0 Å². The Morgan fingerprint density at radius 2 is 1.93 bits per heavy atom. The van der Waals surface area contributed by atoms with E-state index in [-0.39, 0.29) is 22.4 Å². The van der Waals surface area contributed by atoms with E-state index < -0.39 is 24.2 Å². The monoisotopic (exact) mass is 566 g/mol. The molecular weight excluding hydrogens is 556 g/mol. The van der Waals surface area contributed by atoms with Gasteiger partial charge in [0.1, 0.15) is 11.6 Å². The van der Waals surface area contributed by atoms with Gasteiger partial charge in [0.2, 0.25) is 0 Å². The second-order valence-electron chi connectivity index (χ2n) is 6.55. The first kappa shape index (κ1) is 21.3. The van der Waals surface area contributed by atoms with Gasteiger partial charge in [0.15, 0.2) is 16.4 Å². The number of carbonyl (C=O) groups excluding carboxylic acids is 1. The summed E-state index contributed by atoms with van der Waals surface area (Å²) in [7, 11) is 0. The fraction of sp³-hybridized carbons (Fsp3) is 0.222. The van der Waals surface area contributed by atoms with Crippen LogP contribution in [0.2, 0.25) is 5.02 Å². The largest absolute Gasteiger partial charge is 0.452 e. The second kappa shape index (κ2) is 7.93. The van der Waals surface area contributed by atoms with Crippen molar-refractivity contribution in [3.8, 4) is 0 Å². The van der Waals surface area contributed by atoms with Crippen LogP contribution in [0.3, 0.4) is 0 Å². The summed E-state index contributed by atoms with van der Waals surface area (Å²) >= 11 is 12.2. The smallest absolute Gasteiger partial charge is 0.410 e.